The van der Waals surface area contributed by atoms with E-state index >= 15 is 0 Å². The van der Waals surface area contributed by atoms with Crippen LogP contribution < -0.4 is 10.6 Å². The number of aryl methyl sites for hydroxylation is 1. The lowest BCUT2D eigenvalue weighted by Crippen LogP contribution is -2.43. The SMILES string of the molecule is Cc1ccc(NC(=O)N2CCC(C(=O)Nc3ccccc3)CC2)cc1. The smallest absolute Gasteiger partial charge is 0.321 e. The summed E-state index contributed by atoms with van der Waals surface area (Å²) in [5.74, 6) is -0.0200. The van der Waals surface area contributed by atoms with Crippen molar-refractivity contribution in [1.29, 1.82) is 0 Å². The lowest BCUT2D eigenvalue weighted by Gasteiger charge is -2.31. The fourth-order valence-corrected chi connectivity index (χ4v) is 2.95. The first kappa shape index (κ1) is 17.0. The van der Waals surface area contributed by atoms with Gasteiger partial charge in [0.1, 0.15) is 0 Å². The van der Waals surface area contributed by atoms with E-state index in [-0.39, 0.29) is 17.9 Å². The molecule has 0 saturated carbocycles. The Labute approximate surface area is 148 Å². The van der Waals surface area contributed by atoms with Crippen molar-refractivity contribution < 1.29 is 9.59 Å². The number of hydrogen-bond donors (Lipinski definition) is 2. The van der Waals surface area contributed by atoms with Crippen LogP contribution in [0.15, 0.2) is 54.6 Å². The van der Waals surface area contributed by atoms with Gasteiger partial charge in [-0.2, -0.15) is 0 Å². The van der Waals surface area contributed by atoms with Gasteiger partial charge in [0.25, 0.3) is 0 Å². The van der Waals surface area contributed by atoms with Gasteiger partial charge in [-0.3, -0.25) is 4.79 Å². The second kappa shape index (κ2) is 7.83. The number of para-hydroxylation sites is 1. The average Bonchev–Trinajstić information content (AvgIpc) is 2.64. The minimum absolute atomic E-state index is 0.0322. The fraction of sp³-hybridized carbons (Fsp3) is 0.300. The Morgan fingerprint density at radius 2 is 1.48 bits per heavy atom. The first-order chi connectivity index (χ1) is 12.1. The molecule has 1 aliphatic heterocycles. The molecule has 0 bridgehead atoms. The van der Waals surface area contributed by atoms with Crippen molar-refractivity contribution in [2.45, 2.75) is 19.8 Å². The number of amides is 3. The molecule has 1 saturated heterocycles. The summed E-state index contributed by atoms with van der Waals surface area (Å²) in [5.41, 5.74) is 2.76. The van der Waals surface area contributed by atoms with Crippen molar-refractivity contribution in [3.05, 3.63) is 60.2 Å². The Bertz CT molecular complexity index is 720. The number of carbonyl (C=O) groups is 2. The van der Waals surface area contributed by atoms with Crippen molar-refractivity contribution in [3.63, 3.8) is 0 Å². The molecule has 1 heterocycles. The lowest BCUT2D eigenvalue weighted by atomic mass is 9.96. The Hall–Kier alpha value is -2.82. The second-order valence-electron chi connectivity index (χ2n) is 6.41. The zero-order valence-corrected chi connectivity index (χ0v) is 14.4. The van der Waals surface area contributed by atoms with Crippen LogP contribution in [0, 0.1) is 12.8 Å². The molecular formula is C20H23N3O2. The van der Waals surface area contributed by atoms with Crippen LogP contribution in [0.4, 0.5) is 16.2 Å². The predicted octanol–water partition coefficient (Wildman–Crippen LogP) is 3.88. The van der Waals surface area contributed by atoms with Crippen molar-refractivity contribution in [2.24, 2.45) is 5.92 Å². The van der Waals surface area contributed by atoms with Gasteiger partial charge in [-0.05, 0) is 44.0 Å². The number of carbonyl (C=O) groups excluding carboxylic acids is 2. The van der Waals surface area contributed by atoms with E-state index < -0.39 is 0 Å². The maximum Gasteiger partial charge on any atom is 0.321 e. The molecule has 0 aliphatic carbocycles. The molecule has 2 N–H and O–H groups in total. The minimum atomic E-state index is -0.106. The van der Waals surface area contributed by atoms with Gasteiger partial charge in [-0.25, -0.2) is 4.79 Å². The quantitative estimate of drug-likeness (QED) is 0.893. The minimum Gasteiger partial charge on any atom is -0.326 e. The summed E-state index contributed by atoms with van der Waals surface area (Å²) in [7, 11) is 0. The van der Waals surface area contributed by atoms with Gasteiger partial charge in [0, 0.05) is 30.4 Å². The summed E-state index contributed by atoms with van der Waals surface area (Å²) in [5, 5.41) is 5.85. The molecule has 0 spiro atoms. The highest BCUT2D eigenvalue weighted by molar-refractivity contribution is 5.93. The van der Waals surface area contributed by atoms with Gasteiger partial charge in [-0.1, -0.05) is 35.9 Å². The maximum atomic E-state index is 12.3. The number of anilines is 2. The number of rotatable bonds is 3. The summed E-state index contributed by atoms with van der Waals surface area (Å²) in [4.78, 5) is 26.4. The highest BCUT2D eigenvalue weighted by Gasteiger charge is 2.27. The van der Waals surface area contributed by atoms with Crippen LogP contribution in [0.25, 0.3) is 0 Å². The molecule has 5 heteroatoms. The van der Waals surface area contributed by atoms with E-state index in [9.17, 15) is 9.59 Å². The summed E-state index contributed by atoms with van der Waals surface area (Å²) in [6.45, 7) is 3.19. The van der Waals surface area contributed by atoms with Gasteiger partial charge in [0.2, 0.25) is 5.91 Å². The summed E-state index contributed by atoms with van der Waals surface area (Å²) < 4.78 is 0. The van der Waals surface area contributed by atoms with Gasteiger partial charge in [0.05, 0.1) is 0 Å². The van der Waals surface area contributed by atoms with Crippen LogP contribution >= 0.6 is 0 Å². The van der Waals surface area contributed by atoms with E-state index in [0.717, 1.165) is 16.9 Å². The van der Waals surface area contributed by atoms with E-state index in [1.54, 1.807) is 4.90 Å². The predicted molar refractivity (Wildman–Crippen MR) is 99.6 cm³/mol. The number of nitrogens with one attached hydrogen (secondary N) is 2. The van der Waals surface area contributed by atoms with Gasteiger partial charge in [-0.15, -0.1) is 0 Å². The van der Waals surface area contributed by atoms with E-state index in [0.29, 0.717) is 25.9 Å². The summed E-state index contributed by atoms with van der Waals surface area (Å²) in [6.07, 6.45) is 1.36. The molecule has 0 atom stereocenters. The van der Waals surface area contributed by atoms with Crippen molar-refractivity contribution in [2.75, 3.05) is 23.7 Å². The highest BCUT2D eigenvalue weighted by Crippen LogP contribution is 2.20. The molecule has 0 unspecified atom stereocenters. The topological polar surface area (TPSA) is 61.4 Å². The van der Waals surface area contributed by atoms with E-state index in [1.165, 1.54) is 0 Å². The van der Waals surface area contributed by atoms with E-state index in [4.69, 9.17) is 0 Å². The van der Waals surface area contributed by atoms with E-state index in [2.05, 4.69) is 10.6 Å². The molecule has 1 aliphatic rings. The normalized spacial score (nSPS) is 14.8. The van der Waals surface area contributed by atoms with Crippen molar-refractivity contribution >= 4 is 23.3 Å². The Kier molecular flexibility index (Phi) is 5.33. The third-order valence-electron chi connectivity index (χ3n) is 4.50. The molecule has 2 aromatic carbocycles. The number of nitrogens with zero attached hydrogens (tertiary/aromatic N) is 1. The average molecular weight is 337 g/mol. The van der Waals surface area contributed by atoms with Crippen molar-refractivity contribution in [3.8, 4) is 0 Å². The summed E-state index contributed by atoms with van der Waals surface area (Å²) >= 11 is 0. The largest absolute Gasteiger partial charge is 0.326 e. The molecule has 3 rings (SSSR count). The Morgan fingerprint density at radius 1 is 0.880 bits per heavy atom. The number of piperidine rings is 1. The first-order valence-electron chi connectivity index (χ1n) is 8.60. The third-order valence-corrected chi connectivity index (χ3v) is 4.50. The van der Waals surface area contributed by atoms with Gasteiger partial charge < -0.3 is 15.5 Å². The highest BCUT2D eigenvalue weighted by atomic mass is 16.2. The Morgan fingerprint density at radius 3 is 2.12 bits per heavy atom. The molecule has 3 amide bonds. The molecule has 0 aromatic heterocycles. The zero-order valence-electron chi connectivity index (χ0n) is 14.4. The third kappa shape index (κ3) is 4.59. The molecule has 2 aromatic rings. The molecule has 5 nitrogen and oxygen atoms in total. The van der Waals surface area contributed by atoms with Gasteiger partial charge in [0.15, 0.2) is 0 Å². The van der Waals surface area contributed by atoms with Crippen molar-refractivity contribution in [1.82, 2.24) is 4.90 Å². The van der Waals surface area contributed by atoms with Crippen LogP contribution in [0.2, 0.25) is 0 Å². The summed E-state index contributed by atoms with van der Waals surface area (Å²) in [6, 6.07) is 17.1. The van der Waals surface area contributed by atoms with Gasteiger partial charge >= 0.3 is 6.03 Å². The molecule has 1 fully saturated rings. The van der Waals surface area contributed by atoms with E-state index in [1.807, 2.05) is 61.5 Å². The van der Waals surface area contributed by atoms with Crippen LogP contribution in [0.5, 0.6) is 0 Å². The number of hydrogen-bond acceptors (Lipinski definition) is 2. The molecule has 25 heavy (non-hydrogen) atoms. The number of benzene rings is 2. The molecule has 130 valence electrons. The van der Waals surface area contributed by atoms with Crippen LogP contribution in [-0.2, 0) is 4.79 Å². The number of urea groups is 1. The molecule has 0 radical (unpaired) electrons. The second-order valence-corrected chi connectivity index (χ2v) is 6.41. The Balaban J connectivity index is 1.48. The standard InChI is InChI=1S/C20H23N3O2/c1-15-7-9-18(10-8-15)22-20(25)23-13-11-16(12-14-23)19(24)21-17-5-3-2-4-6-17/h2-10,16H,11-14H2,1H3,(H,21,24)(H,22,25). The monoisotopic (exact) mass is 337 g/mol. The maximum absolute atomic E-state index is 12.3. The van der Waals surface area contributed by atoms with Crippen LogP contribution in [0.1, 0.15) is 18.4 Å². The first-order valence-corrected chi connectivity index (χ1v) is 8.60. The lowest BCUT2D eigenvalue weighted by molar-refractivity contribution is -0.121. The zero-order chi connectivity index (χ0) is 17.6. The number of likely N-dealkylation sites (tertiary alicyclic amines) is 1. The van der Waals surface area contributed by atoms with Crippen LogP contribution in [-0.4, -0.2) is 29.9 Å². The van der Waals surface area contributed by atoms with Crippen LogP contribution in [0.3, 0.4) is 0 Å². The fourth-order valence-electron chi connectivity index (χ4n) is 2.95. The molecular weight excluding hydrogens is 314 g/mol.